The van der Waals surface area contributed by atoms with Crippen molar-refractivity contribution >= 4 is 17.3 Å². The maximum Gasteiger partial charge on any atom is 0.257 e. The zero-order valence-electron chi connectivity index (χ0n) is 4.23. The summed E-state index contributed by atoms with van der Waals surface area (Å²) in [6, 6.07) is 0. The van der Waals surface area contributed by atoms with Gasteiger partial charge in [-0.3, -0.25) is 4.18 Å². The van der Waals surface area contributed by atoms with Crippen LogP contribution >= 0.6 is 0 Å². The first-order chi connectivity index (χ1) is 3.66. The minimum Gasteiger partial charge on any atom is -0.300 e. The summed E-state index contributed by atoms with van der Waals surface area (Å²) >= 11 is 0. The Hall–Kier alpha value is -0.420. The first kappa shape index (κ1) is 7.58. The molecule has 8 heavy (non-hydrogen) atoms. The van der Waals surface area contributed by atoms with Crippen LogP contribution in [0.3, 0.4) is 0 Å². The van der Waals surface area contributed by atoms with Crippen LogP contribution in [0.15, 0.2) is 0 Å². The lowest BCUT2D eigenvalue weighted by Crippen LogP contribution is -2.07. The summed E-state index contributed by atoms with van der Waals surface area (Å²) in [5.74, 6) is 0. The third-order valence-electron chi connectivity index (χ3n) is 0.444. The number of thiol groups is 1. The van der Waals surface area contributed by atoms with Crippen molar-refractivity contribution < 1.29 is 17.4 Å². The fraction of sp³-hybridized carbons (Fsp3) is 0.667. The summed E-state index contributed by atoms with van der Waals surface area (Å²) in [7, 11) is -2.88. The summed E-state index contributed by atoms with van der Waals surface area (Å²) in [6.07, 6.45) is -0.443. The fourth-order valence-corrected chi connectivity index (χ4v) is 0.482. The molecule has 4 nitrogen and oxygen atoms in total. The second-order valence-electron chi connectivity index (χ2n) is 1.17. The smallest absolute Gasteiger partial charge is 0.257 e. The van der Waals surface area contributed by atoms with Gasteiger partial charge < -0.3 is 4.79 Å². The van der Waals surface area contributed by atoms with Crippen LogP contribution in [0.2, 0.25) is 0 Å². The van der Waals surface area contributed by atoms with Crippen LogP contribution in [-0.4, -0.2) is 20.8 Å². The summed E-state index contributed by atoms with van der Waals surface area (Å²) < 4.78 is 23.2. The first-order valence-corrected chi connectivity index (χ1v) is 3.03. The van der Waals surface area contributed by atoms with Gasteiger partial charge >= 0.3 is 0 Å². The molecule has 1 unspecified atom stereocenters. The van der Waals surface area contributed by atoms with E-state index in [1.807, 2.05) is 0 Å². The molecule has 0 aliphatic heterocycles. The Morgan fingerprint density at radius 1 is 1.62 bits per heavy atom. The van der Waals surface area contributed by atoms with Gasteiger partial charge in [0.15, 0.2) is 0 Å². The van der Waals surface area contributed by atoms with Gasteiger partial charge in [-0.25, -0.2) is 8.42 Å². The number of aldehydes is 1. The SMILES string of the molecule is CC(C=O)O[SH](=O)=O. The van der Waals surface area contributed by atoms with Crippen LogP contribution in [0.5, 0.6) is 0 Å². The highest BCUT2D eigenvalue weighted by molar-refractivity contribution is 7.67. The Bertz CT molecular complexity index is 130. The van der Waals surface area contributed by atoms with Gasteiger partial charge in [0.05, 0.1) is 0 Å². The molecule has 0 aromatic rings. The average molecular weight is 138 g/mol. The van der Waals surface area contributed by atoms with E-state index in [9.17, 15) is 13.2 Å². The molecule has 0 aromatic carbocycles. The zero-order valence-corrected chi connectivity index (χ0v) is 5.13. The minimum atomic E-state index is -2.88. The number of carbonyl (C=O) groups is 1. The van der Waals surface area contributed by atoms with Gasteiger partial charge in [0.25, 0.3) is 11.0 Å². The van der Waals surface area contributed by atoms with E-state index in [2.05, 4.69) is 4.18 Å². The lowest BCUT2D eigenvalue weighted by molar-refractivity contribution is -0.112. The van der Waals surface area contributed by atoms with Gasteiger partial charge in [-0.05, 0) is 6.92 Å². The minimum absolute atomic E-state index is 0.408. The van der Waals surface area contributed by atoms with E-state index in [4.69, 9.17) is 0 Å². The highest BCUT2D eigenvalue weighted by Gasteiger charge is 1.97. The quantitative estimate of drug-likeness (QED) is 0.406. The highest BCUT2D eigenvalue weighted by Crippen LogP contribution is 1.82. The normalized spacial score (nSPS) is 13.8. The molecule has 0 radical (unpaired) electrons. The number of hydrogen-bond donors (Lipinski definition) is 1. The molecular weight excluding hydrogens is 132 g/mol. The molecule has 0 N–H and O–H groups in total. The van der Waals surface area contributed by atoms with Crippen LogP contribution in [0.4, 0.5) is 0 Å². The van der Waals surface area contributed by atoms with Crippen LogP contribution in [0.25, 0.3) is 0 Å². The van der Waals surface area contributed by atoms with Crippen molar-refractivity contribution in [2.75, 3.05) is 0 Å². The second kappa shape index (κ2) is 3.57. The fourth-order valence-electron chi connectivity index (χ4n) is 0.161. The molecular formula is C3H6O4S. The molecule has 0 aliphatic carbocycles. The predicted octanol–water partition coefficient (Wildman–Crippen LogP) is -0.883. The Morgan fingerprint density at radius 2 is 2.12 bits per heavy atom. The third-order valence-corrected chi connectivity index (χ3v) is 0.949. The Balaban J connectivity index is 3.54. The van der Waals surface area contributed by atoms with Crippen LogP contribution in [-0.2, 0) is 20.0 Å². The topological polar surface area (TPSA) is 60.4 Å². The van der Waals surface area contributed by atoms with Crippen LogP contribution in [0, 0.1) is 0 Å². The average Bonchev–Trinajstić information content (AvgIpc) is 1.65. The van der Waals surface area contributed by atoms with Crippen molar-refractivity contribution in [1.82, 2.24) is 0 Å². The largest absolute Gasteiger partial charge is 0.300 e. The van der Waals surface area contributed by atoms with E-state index in [-0.39, 0.29) is 0 Å². The molecule has 0 amide bonds. The van der Waals surface area contributed by atoms with Gasteiger partial charge in [0.1, 0.15) is 12.4 Å². The maximum absolute atomic E-state index is 9.65. The van der Waals surface area contributed by atoms with E-state index >= 15 is 0 Å². The van der Waals surface area contributed by atoms with Gasteiger partial charge in [0, 0.05) is 0 Å². The van der Waals surface area contributed by atoms with Crippen molar-refractivity contribution in [3.05, 3.63) is 0 Å². The van der Waals surface area contributed by atoms with Gasteiger partial charge in [-0.1, -0.05) is 0 Å². The Labute approximate surface area is 48.6 Å². The van der Waals surface area contributed by atoms with Gasteiger partial charge in [-0.2, -0.15) is 0 Å². The molecule has 0 spiro atoms. The zero-order chi connectivity index (χ0) is 6.57. The third kappa shape index (κ3) is 3.76. The molecule has 0 saturated heterocycles. The van der Waals surface area contributed by atoms with Crippen molar-refractivity contribution in [3.8, 4) is 0 Å². The van der Waals surface area contributed by atoms with Crippen molar-refractivity contribution in [2.45, 2.75) is 13.0 Å². The number of carbonyl (C=O) groups excluding carboxylic acids is 1. The van der Waals surface area contributed by atoms with Crippen LogP contribution in [0.1, 0.15) is 6.92 Å². The molecule has 48 valence electrons. The number of rotatable bonds is 3. The molecule has 0 saturated carbocycles. The summed E-state index contributed by atoms with van der Waals surface area (Å²) in [6.45, 7) is 1.35. The Kier molecular flexibility index (Phi) is 3.38. The van der Waals surface area contributed by atoms with Crippen LogP contribution < -0.4 is 0 Å². The van der Waals surface area contributed by atoms with Gasteiger partial charge in [-0.15, -0.1) is 0 Å². The lowest BCUT2D eigenvalue weighted by atomic mass is 10.5. The molecule has 0 aromatic heterocycles. The monoisotopic (exact) mass is 138 g/mol. The molecule has 0 rings (SSSR count). The second-order valence-corrected chi connectivity index (χ2v) is 1.83. The number of hydrogen-bond acceptors (Lipinski definition) is 4. The summed E-state index contributed by atoms with van der Waals surface area (Å²) in [5, 5.41) is 0. The molecule has 0 heterocycles. The Morgan fingerprint density at radius 3 is 2.25 bits per heavy atom. The lowest BCUT2D eigenvalue weighted by Gasteiger charge is -1.92. The van der Waals surface area contributed by atoms with E-state index in [1.165, 1.54) is 6.92 Å². The highest BCUT2D eigenvalue weighted by atomic mass is 32.2. The molecule has 0 aliphatic rings. The first-order valence-electron chi connectivity index (χ1n) is 1.93. The molecule has 0 bridgehead atoms. The molecule has 0 fully saturated rings. The van der Waals surface area contributed by atoms with Crippen molar-refractivity contribution in [3.63, 3.8) is 0 Å². The van der Waals surface area contributed by atoms with E-state index < -0.39 is 17.1 Å². The summed E-state index contributed by atoms with van der Waals surface area (Å²) in [5.41, 5.74) is 0. The van der Waals surface area contributed by atoms with Gasteiger partial charge in [0.2, 0.25) is 0 Å². The van der Waals surface area contributed by atoms with Crippen molar-refractivity contribution in [2.24, 2.45) is 0 Å². The van der Waals surface area contributed by atoms with Crippen molar-refractivity contribution in [1.29, 1.82) is 0 Å². The molecule has 1 atom stereocenters. The molecule has 5 heteroatoms. The standard InChI is InChI=1S/C3H6O4S/c1-3(2-4)7-8(5)6/h2-3,8H,1H3. The van der Waals surface area contributed by atoms with E-state index in [0.29, 0.717) is 6.29 Å². The van der Waals surface area contributed by atoms with E-state index in [1.54, 1.807) is 0 Å². The predicted molar refractivity (Wildman–Crippen MR) is 26.9 cm³/mol. The maximum atomic E-state index is 9.65. The summed E-state index contributed by atoms with van der Waals surface area (Å²) in [4.78, 5) is 9.65. The van der Waals surface area contributed by atoms with E-state index in [0.717, 1.165) is 0 Å².